The Morgan fingerprint density at radius 2 is 1.94 bits per heavy atom. The number of amides is 1. The molecule has 0 aliphatic carbocycles. The molecule has 0 unspecified atom stereocenters. The summed E-state index contributed by atoms with van der Waals surface area (Å²) in [7, 11) is 1.63. The summed E-state index contributed by atoms with van der Waals surface area (Å²) in [6, 6.07) is 20.9. The first kappa shape index (κ1) is 21.9. The Hall–Kier alpha value is -3.92. The fraction of sp³-hybridized carbons (Fsp3) is 0.208. The number of carbonyl (C=O) groups is 1. The predicted molar refractivity (Wildman–Crippen MR) is 127 cm³/mol. The molecule has 0 bridgehead atoms. The molecule has 1 amide bonds. The van der Waals surface area contributed by atoms with E-state index in [0.29, 0.717) is 23.9 Å². The van der Waals surface area contributed by atoms with Crippen molar-refractivity contribution in [3.8, 4) is 5.75 Å². The Kier molecular flexibility index (Phi) is 6.39. The van der Waals surface area contributed by atoms with Crippen molar-refractivity contribution in [3.05, 3.63) is 89.9 Å². The predicted octanol–water partition coefficient (Wildman–Crippen LogP) is 3.79. The van der Waals surface area contributed by atoms with Crippen LogP contribution in [0.25, 0.3) is 0 Å². The van der Waals surface area contributed by atoms with Crippen molar-refractivity contribution in [2.75, 3.05) is 12.9 Å². The van der Waals surface area contributed by atoms with Crippen LogP contribution in [0.15, 0.2) is 87.7 Å². The number of ether oxygens (including phenoxy) is 1. The van der Waals surface area contributed by atoms with Gasteiger partial charge in [-0.3, -0.25) is 4.79 Å². The molecule has 0 spiro atoms. The molecule has 0 N–H and O–H groups in total. The molecule has 0 saturated carbocycles. The van der Waals surface area contributed by atoms with Gasteiger partial charge in [0.2, 0.25) is 5.16 Å². The number of furan rings is 1. The number of carbonyl (C=O) groups excluding carboxylic acids is 1. The van der Waals surface area contributed by atoms with Crippen molar-refractivity contribution in [1.29, 1.82) is 0 Å². The molecule has 1 aliphatic rings. The monoisotopic (exact) mass is 474 g/mol. The fourth-order valence-electron chi connectivity index (χ4n) is 3.75. The maximum absolute atomic E-state index is 13.3. The number of nitrogens with zero attached hydrogens (tertiary/aromatic N) is 6. The summed E-state index contributed by atoms with van der Waals surface area (Å²) >= 11 is 1.29. The van der Waals surface area contributed by atoms with E-state index >= 15 is 0 Å². The number of thioether (sulfide) groups is 1. The van der Waals surface area contributed by atoms with Gasteiger partial charge in [0, 0.05) is 6.42 Å². The quantitative estimate of drug-likeness (QED) is 0.358. The summed E-state index contributed by atoms with van der Waals surface area (Å²) in [4.78, 5) is 13.3. The van der Waals surface area contributed by atoms with Crippen LogP contribution in [-0.2, 0) is 11.3 Å². The van der Waals surface area contributed by atoms with Gasteiger partial charge in [-0.15, -0.1) is 5.10 Å². The zero-order valence-corrected chi connectivity index (χ0v) is 19.3. The molecule has 2 aromatic heterocycles. The Labute approximate surface area is 200 Å². The number of tetrazole rings is 1. The minimum atomic E-state index is -0.305. The first-order valence-corrected chi connectivity index (χ1v) is 11.7. The molecule has 10 heteroatoms. The number of hydrazone groups is 1. The molecule has 34 heavy (non-hydrogen) atoms. The van der Waals surface area contributed by atoms with E-state index in [-0.39, 0.29) is 17.7 Å². The summed E-state index contributed by atoms with van der Waals surface area (Å²) in [6.45, 7) is 0.531. The van der Waals surface area contributed by atoms with E-state index in [1.807, 2.05) is 66.7 Å². The van der Waals surface area contributed by atoms with Crippen LogP contribution in [-0.4, -0.2) is 49.7 Å². The molecule has 0 radical (unpaired) electrons. The summed E-state index contributed by atoms with van der Waals surface area (Å²) < 4.78 is 12.6. The van der Waals surface area contributed by atoms with Gasteiger partial charge in [-0.2, -0.15) is 5.10 Å². The van der Waals surface area contributed by atoms with Gasteiger partial charge in [0.05, 0.1) is 31.4 Å². The van der Waals surface area contributed by atoms with Crippen LogP contribution in [0.4, 0.5) is 0 Å². The molecule has 4 aromatic rings. The van der Waals surface area contributed by atoms with Gasteiger partial charge in [0.25, 0.3) is 5.91 Å². The van der Waals surface area contributed by atoms with Gasteiger partial charge in [0.15, 0.2) is 0 Å². The van der Waals surface area contributed by atoms with Gasteiger partial charge in [-0.05, 0) is 58.0 Å². The molecule has 0 saturated heterocycles. The van der Waals surface area contributed by atoms with Crippen LogP contribution in [0.5, 0.6) is 5.75 Å². The van der Waals surface area contributed by atoms with Gasteiger partial charge in [-0.1, -0.05) is 42.1 Å². The van der Waals surface area contributed by atoms with Gasteiger partial charge < -0.3 is 9.15 Å². The van der Waals surface area contributed by atoms with Gasteiger partial charge >= 0.3 is 0 Å². The number of hydrogen-bond acceptors (Lipinski definition) is 8. The third-order valence-electron chi connectivity index (χ3n) is 5.46. The maximum Gasteiger partial charge on any atom is 0.253 e. The normalized spacial score (nSPS) is 15.4. The smallest absolute Gasteiger partial charge is 0.253 e. The van der Waals surface area contributed by atoms with Crippen LogP contribution in [0.2, 0.25) is 0 Å². The summed E-state index contributed by atoms with van der Waals surface area (Å²) in [6.07, 6.45) is 2.16. The molecule has 3 heterocycles. The van der Waals surface area contributed by atoms with Gasteiger partial charge in [0.1, 0.15) is 17.6 Å². The standard InChI is InChI=1S/C24H22N6O3S/c1-32-19-11-9-18(10-12-19)20-14-21(22-8-5-13-33-22)30(26-20)23(31)16-34-24-25-27-28-29(24)15-17-6-3-2-4-7-17/h2-13,21H,14-16H2,1H3/t21-/m1/s1. The Morgan fingerprint density at radius 3 is 2.68 bits per heavy atom. The minimum Gasteiger partial charge on any atom is -0.497 e. The zero-order valence-electron chi connectivity index (χ0n) is 18.4. The van der Waals surface area contributed by atoms with E-state index in [1.54, 1.807) is 18.1 Å². The van der Waals surface area contributed by atoms with E-state index in [4.69, 9.17) is 9.15 Å². The topological polar surface area (TPSA) is 98.6 Å². The summed E-state index contributed by atoms with van der Waals surface area (Å²) in [5.74, 6) is 1.46. The minimum absolute atomic E-state index is 0.145. The third-order valence-corrected chi connectivity index (χ3v) is 6.40. The number of aromatic nitrogens is 4. The molecular formula is C24H22N6O3S. The van der Waals surface area contributed by atoms with Crippen molar-refractivity contribution in [3.63, 3.8) is 0 Å². The molecule has 5 rings (SSSR count). The Bertz CT molecular complexity index is 1270. The molecule has 1 atom stereocenters. The SMILES string of the molecule is COc1ccc(C2=NN(C(=O)CSc3nnnn3Cc3ccccc3)[C@@H](c3ccco3)C2)cc1. The van der Waals surface area contributed by atoms with Crippen LogP contribution >= 0.6 is 11.8 Å². The molecule has 0 fully saturated rings. The molecular weight excluding hydrogens is 452 g/mol. The van der Waals surface area contributed by atoms with Crippen LogP contribution in [0, 0.1) is 0 Å². The van der Waals surface area contributed by atoms with Crippen molar-refractivity contribution in [2.24, 2.45) is 5.10 Å². The first-order chi connectivity index (χ1) is 16.7. The van der Waals surface area contributed by atoms with Gasteiger partial charge in [-0.25, -0.2) is 9.69 Å². The maximum atomic E-state index is 13.3. The van der Waals surface area contributed by atoms with Crippen LogP contribution in [0.3, 0.4) is 0 Å². The van der Waals surface area contributed by atoms with E-state index in [1.165, 1.54) is 16.8 Å². The van der Waals surface area contributed by atoms with Crippen molar-refractivity contribution >= 4 is 23.4 Å². The number of hydrogen-bond donors (Lipinski definition) is 0. The van der Waals surface area contributed by atoms with Crippen LogP contribution < -0.4 is 4.74 Å². The highest BCUT2D eigenvalue weighted by atomic mass is 32.2. The lowest BCUT2D eigenvalue weighted by atomic mass is 10.0. The largest absolute Gasteiger partial charge is 0.497 e. The van der Waals surface area contributed by atoms with E-state index < -0.39 is 0 Å². The van der Waals surface area contributed by atoms with Crippen molar-refractivity contribution in [1.82, 2.24) is 25.2 Å². The number of methoxy groups -OCH3 is 1. The zero-order chi connectivity index (χ0) is 23.3. The molecule has 2 aromatic carbocycles. The second-order valence-electron chi connectivity index (χ2n) is 7.64. The molecule has 172 valence electrons. The highest BCUT2D eigenvalue weighted by molar-refractivity contribution is 7.99. The highest BCUT2D eigenvalue weighted by Crippen LogP contribution is 2.34. The Balaban J connectivity index is 1.32. The van der Waals surface area contributed by atoms with E-state index in [2.05, 4.69) is 20.6 Å². The fourth-order valence-corrected chi connectivity index (χ4v) is 4.48. The van der Waals surface area contributed by atoms with Crippen LogP contribution in [0.1, 0.15) is 29.3 Å². The van der Waals surface area contributed by atoms with E-state index in [9.17, 15) is 4.79 Å². The summed E-state index contributed by atoms with van der Waals surface area (Å²) in [5.41, 5.74) is 2.83. The summed E-state index contributed by atoms with van der Waals surface area (Å²) in [5, 5.41) is 18.7. The molecule has 1 aliphatic heterocycles. The average Bonchev–Trinajstić information content (AvgIpc) is 3.64. The Morgan fingerprint density at radius 1 is 1.12 bits per heavy atom. The number of rotatable bonds is 8. The number of benzene rings is 2. The second-order valence-corrected chi connectivity index (χ2v) is 8.58. The third kappa shape index (κ3) is 4.72. The average molecular weight is 475 g/mol. The molecule has 9 nitrogen and oxygen atoms in total. The lowest BCUT2D eigenvalue weighted by Gasteiger charge is -2.19. The first-order valence-electron chi connectivity index (χ1n) is 10.7. The highest BCUT2D eigenvalue weighted by Gasteiger charge is 2.35. The lowest BCUT2D eigenvalue weighted by Crippen LogP contribution is -2.28. The van der Waals surface area contributed by atoms with E-state index in [0.717, 1.165) is 22.6 Å². The van der Waals surface area contributed by atoms with Crippen molar-refractivity contribution in [2.45, 2.75) is 24.2 Å². The van der Waals surface area contributed by atoms with Crippen molar-refractivity contribution < 1.29 is 13.9 Å². The second kappa shape index (κ2) is 9.92. The lowest BCUT2D eigenvalue weighted by molar-refractivity contribution is -0.130.